The van der Waals surface area contributed by atoms with Crippen LogP contribution in [0.15, 0.2) is 59.6 Å². The molecule has 0 radical (unpaired) electrons. The lowest BCUT2D eigenvalue weighted by Crippen LogP contribution is -2.37. The standard InChI is InChI=1S/C19H17ClN2O3S2/c20-14-6-8-15(9-7-14)22-16-11-27(24,25)12-17(16)26-19(22)21-18(23)10-13-4-2-1-3-5-13/h1-9,16-17H,10-12H2. The molecule has 1 amide bonds. The Kier molecular flexibility index (Phi) is 5.01. The topological polar surface area (TPSA) is 66.8 Å². The fourth-order valence-electron chi connectivity index (χ4n) is 3.38. The van der Waals surface area contributed by atoms with Crippen molar-refractivity contribution in [3.8, 4) is 0 Å². The highest BCUT2D eigenvalue weighted by Gasteiger charge is 2.49. The zero-order chi connectivity index (χ0) is 19.0. The van der Waals surface area contributed by atoms with Crippen LogP contribution in [0.3, 0.4) is 0 Å². The molecule has 2 atom stereocenters. The number of carbonyl (C=O) groups excluding carboxylic acids is 1. The summed E-state index contributed by atoms with van der Waals surface area (Å²) in [5, 5.41) is 1.04. The summed E-state index contributed by atoms with van der Waals surface area (Å²) in [5.74, 6) is -0.0668. The molecule has 2 saturated heterocycles. The monoisotopic (exact) mass is 420 g/mol. The third-order valence-corrected chi connectivity index (χ3v) is 8.05. The van der Waals surface area contributed by atoms with Crippen molar-refractivity contribution in [1.82, 2.24) is 0 Å². The number of rotatable bonds is 3. The zero-order valence-corrected chi connectivity index (χ0v) is 16.7. The van der Waals surface area contributed by atoms with Gasteiger partial charge in [-0.3, -0.25) is 4.79 Å². The van der Waals surface area contributed by atoms with E-state index in [0.29, 0.717) is 10.2 Å². The van der Waals surface area contributed by atoms with E-state index in [-0.39, 0.29) is 35.1 Å². The lowest BCUT2D eigenvalue weighted by molar-refractivity contribution is -0.117. The third kappa shape index (κ3) is 4.05. The zero-order valence-electron chi connectivity index (χ0n) is 14.3. The van der Waals surface area contributed by atoms with Gasteiger partial charge < -0.3 is 4.90 Å². The first-order valence-electron chi connectivity index (χ1n) is 8.49. The van der Waals surface area contributed by atoms with Gasteiger partial charge in [-0.25, -0.2) is 8.42 Å². The molecule has 2 unspecified atom stereocenters. The lowest BCUT2D eigenvalue weighted by atomic mass is 10.1. The van der Waals surface area contributed by atoms with E-state index >= 15 is 0 Å². The van der Waals surface area contributed by atoms with E-state index in [1.807, 2.05) is 47.4 Å². The van der Waals surface area contributed by atoms with E-state index in [1.54, 1.807) is 12.1 Å². The molecule has 2 heterocycles. The molecule has 0 aromatic heterocycles. The van der Waals surface area contributed by atoms with Gasteiger partial charge in [0.2, 0.25) is 0 Å². The molecule has 0 bridgehead atoms. The molecule has 4 rings (SSSR count). The van der Waals surface area contributed by atoms with Crippen LogP contribution in [0.25, 0.3) is 0 Å². The number of halogens is 1. The molecule has 5 nitrogen and oxygen atoms in total. The van der Waals surface area contributed by atoms with Crippen molar-refractivity contribution in [3.63, 3.8) is 0 Å². The van der Waals surface area contributed by atoms with E-state index in [1.165, 1.54) is 11.8 Å². The molecular weight excluding hydrogens is 404 g/mol. The summed E-state index contributed by atoms with van der Waals surface area (Å²) in [7, 11) is -3.08. The Morgan fingerprint density at radius 1 is 1.11 bits per heavy atom. The molecule has 2 fully saturated rings. The third-order valence-electron chi connectivity index (χ3n) is 4.59. The molecule has 27 heavy (non-hydrogen) atoms. The van der Waals surface area contributed by atoms with Crippen molar-refractivity contribution in [3.05, 3.63) is 65.2 Å². The van der Waals surface area contributed by atoms with Gasteiger partial charge in [0, 0.05) is 16.0 Å². The van der Waals surface area contributed by atoms with Crippen molar-refractivity contribution in [1.29, 1.82) is 0 Å². The summed E-state index contributed by atoms with van der Waals surface area (Å²) in [6.45, 7) is 0. The van der Waals surface area contributed by atoms with Crippen LogP contribution in [0.5, 0.6) is 0 Å². The van der Waals surface area contributed by atoms with Crippen LogP contribution < -0.4 is 4.90 Å². The molecule has 0 spiro atoms. The maximum absolute atomic E-state index is 12.5. The Labute approximate surface area is 167 Å². The van der Waals surface area contributed by atoms with Crippen molar-refractivity contribution in [2.75, 3.05) is 16.4 Å². The first-order valence-corrected chi connectivity index (χ1v) is 11.6. The number of anilines is 1. The van der Waals surface area contributed by atoms with Gasteiger partial charge in [0.05, 0.1) is 24.0 Å². The highest BCUT2D eigenvalue weighted by Crippen LogP contribution is 2.41. The van der Waals surface area contributed by atoms with Gasteiger partial charge in [-0.2, -0.15) is 4.99 Å². The summed E-state index contributed by atoms with van der Waals surface area (Å²) >= 11 is 7.35. The molecule has 2 aromatic carbocycles. The number of fused-ring (bicyclic) bond motifs is 1. The number of hydrogen-bond acceptors (Lipinski definition) is 4. The number of nitrogens with zero attached hydrogens (tertiary/aromatic N) is 2. The Balaban J connectivity index is 1.64. The molecule has 2 aliphatic rings. The molecule has 0 aliphatic carbocycles. The number of aliphatic imine (C=N–C) groups is 1. The predicted molar refractivity (Wildman–Crippen MR) is 110 cm³/mol. The van der Waals surface area contributed by atoms with E-state index < -0.39 is 9.84 Å². The maximum atomic E-state index is 12.5. The summed E-state index contributed by atoms with van der Waals surface area (Å²) in [5.41, 5.74) is 1.69. The number of carbonyl (C=O) groups is 1. The van der Waals surface area contributed by atoms with Crippen LogP contribution in [-0.4, -0.2) is 42.3 Å². The van der Waals surface area contributed by atoms with Gasteiger partial charge >= 0.3 is 0 Å². The number of sulfone groups is 1. The Bertz CT molecular complexity index is 991. The number of thioether (sulfide) groups is 1. The first-order chi connectivity index (χ1) is 12.9. The number of amidine groups is 1. The van der Waals surface area contributed by atoms with Gasteiger partial charge in [-0.05, 0) is 29.8 Å². The van der Waals surface area contributed by atoms with E-state index in [0.717, 1.165) is 11.3 Å². The Morgan fingerprint density at radius 2 is 1.81 bits per heavy atom. The summed E-state index contributed by atoms with van der Waals surface area (Å²) < 4.78 is 24.2. The fourth-order valence-corrected chi connectivity index (χ4v) is 7.44. The number of hydrogen-bond donors (Lipinski definition) is 0. The van der Waals surface area contributed by atoms with Gasteiger partial charge in [0.1, 0.15) is 0 Å². The SMILES string of the molecule is O=C(Cc1ccccc1)N=C1SC2CS(=O)(=O)CC2N1c1ccc(Cl)cc1. The maximum Gasteiger partial charge on any atom is 0.252 e. The molecule has 140 valence electrons. The van der Waals surface area contributed by atoms with Crippen LogP contribution in [-0.2, 0) is 21.1 Å². The van der Waals surface area contributed by atoms with Crippen LogP contribution in [0, 0.1) is 0 Å². The minimum absolute atomic E-state index is 0.0686. The molecule has 2 aromatic rings. The number of benzene rings is 2. The quantitative estimate of drug-likeness (QED) is 0.762. The predicted octanol–water partition coefficient (Wildman–Crippen LogP) is 3.18. The minimum Gasteiger partial charge on any atom is -0.316 e. The van der Waals surface area contributed by atoms with Crippen molar-refractivity contribution < 1.29 is 13.2 Å². The van der Waals surface area contributed by atoms with E-state index in [9.17, 15) is 13.2 Å². The van der Waals surface area contributed by atoms with E-state index in [2.05, 4.69) is 4.99 Å². The molecule has 0 N–H and O–H groups in total. The Morgan fingerprint density at radius 3 is 2.52 bits per heavy atom. The normalized spacial score (nSPS) is 24.9. The van der Waals surface area contributed by atoms with Crippen molar-refractivity contribution in [2.45, 2.75) is 17.7 Å². The van der Waals surface area contributed by atoms with Gasteiger partial charge in [-0.15, -0.1) is 0 Å². The van der Waals surface area contributed by atoms with Crippen LogP contribution >= 0.6 is 23.4 Å². The second-order valence-corrected chi connectivity index (χ2v) is 10.4. The highest BCUT2D eigenvalue weighted by atomic mass is 35.5. The second kappa shape index (κ2) is 7.30. The smallest absolute Gasteiger partial charge is 0.252 e. The molecule has 8 heteroatoms. The van der Waals surface area contributed by atoms with Gasteiger partial charge in [-0.1, -0.05) is 53.7 Å². The Hall–Kier alpha value is -1.83. The van der Waals surface area contributed by atoms with Crippen LogP contribution in [0.2, 0.25) is 5.02 Å². The van der Waals surface area contributed by atoms with Crippen LogP contribution in [0.1, 0.15) is 5.56 Å². The summed E-state index contributed by atoms with van der Waals surface area (Å²) in [4.78, 5) is 18.7. The van der Waals surface area contributed by atoms with E-state index in [4.69, 9.17) is 11.6 Å². The summed E-state index contributed by atoms with van der Waals surface area (Å²) in [6, 6.07) is 16.4. The van der Waals surface area contributed by atoms with Crippen molar-refractivity contribution in [2.24, 2.45) is 4.99 Å². The lowest BCUT2D eigenvalue weighted by Gasteiger charge is -2.24. The average molecular weight is 421 g/mol. The summed E-state index contributed by atoms with van der Waals surface area (Å²) in [6.07, 6.45) is 0.215. The van der Waals surface area contributed by atoms with Gasteiger partial charge in [0.25, 0.3) is 5.91 Å². The van der Waals surface area contributed by atoms with Crippen molar-refractivity contribution >= 4 is 50.0 Å². The number of amides is 1. The largest absolute Gasteiger partial charge is 0.316 e. The fraction of sp³-hybridized carbons (Fsp3) is 0.263. The average Bonchev–Trinajstić information content (AvgIpc) is 3.07. The molecule has 0 saturated carbocycles. The van der Waals surface area contributed by atoms with Crippen LogP contribution in [0.4, 0.5) is 5.69 Å². The second-order valence-electron chi connectivity index (χ2n) is 6.60. The van der Waals surface area contributed by atoms with Gasteiger partial charge in [0.15, 0.2) is 15.0 Å². The highest BCUT2D eigenvalue weighted by molar-refractivity contribution is 8.16. The molecular formula is C19H17ClN2O3S2. The minimum atomic E-state index is -3.08. The first kappa shape index (κ1) is 18.5. The molecule has 2 aliphatic heterocycles.